The number of nitrogens with two attached hydrogens (primary N) is 1. The molecule has 2 amide bonds. The molecule has 0 saturated heterocycles. The van der Waals surface area contributed by atoms with Gasteiger partial charge in [-0.2, -0.15) is 0 Å². The van der Waals surface area contributed by atoms with Crippen molar-refractivity contribution in [1.29, 1.82) is 0 Å². The van der Waals surface area contributed by atoms with E-state index >= 15 is 0 Å². The lowest BCUT2D eigenvalue weighted by Gasteiger charge is -2.21. The molecule has 0 bridgehead atoms. The van der Waals surface area contributed by atoms with Gasteiger partial charge in [-0.05, 0) is 49.1 Å². The third kappa shape index (κ3) is 4.17. The Morgan fingerprint density at radius 2 is 2.06 bits per heavy atom. The SMILES string of the molecule is CCCCNC(=O)N1CCc2cc(S(=O)(=O)N3C[C@H](c4cccc(C)c4)N=C3N)ccc21. The number of nitrogens with one attached hydrogen (secondary N) is 1. The number of rotatable bonds is 6. The van der Waals surface area contributed by atoms with E-state index in [1.54, 1.807) is 23.1 Å². The quantitative estimate of drug-likeness (QED) is 0.653. The Balaban J connectivity index is 1.53. The van der Waals surface area contributed by atoms with Crippen LogP contribution in [0.2, 0.25) is 0 Å². The number of carbonyl (C=O) groups excluding carboxylic acids is 1. The summed E-state index contributed by atoms with van der Waals surface area (Å²) in [4.78, 5) is 18.7. The summed E-state index contributed by atoms with van der Waals surface area (Å²) in [7, 11) is -3.86. The number of benzene rings is 2. The van der Waals surface area contributed by atoms with Gasteiger partial charge in [0.05, 0.1) is 17.5 Å². The van der Waals surface area contributed by atoms with Crippen molar-refractivity contribution in [2.75, 3.05) is 24.5 Å². The highest BCUT2D eigenvalue weighted by Crippen LogP contribution is 2.33. The van der Waals surface area contributed by atoms with Crippen molar-refractivity contribution < 1.29 is 13.2 Å². The van der Waals surface area contributed by atoms with Crippen LogP contribution in [-0.2, 0) is 16.4 Å². The highest BCUT2D eigenvalue weighted by Gasteiger charge is 2.35. The van der Waals surface area contributed by atoms with Gasteiger partial charge >= 0.3 is 6.03 Å². The lowest BCUT2D eigenvalue weighted by atomic mass is 10.1. The van der Waals surface area contributed by atoms with Crippen LogP contribution in [0.4, 0.5) is 10.5 Å². The van der Waals surface area contributed by atoms with Gasteiger partial charge in [-0.15, -0.1) is 0 Å². The van der Waals surface area contributed by atoms with Crippen molar-refractivity contribution in [3.05, 3.63) is 59.2 Å². The maximum Gasteiger partial charge on any atom is 0.321 e. The molecule has 170 valence electrons. The second-order valence-electron chi connectivity index (χ2n) is 8.23. The Morgan fingerprint density at radius 1 is 1.25 bits per heavy atom. The molecule has 8 nitrogen and oxygen atoms in total. The number of fused-ring (bicyclic) bond motifs is 1. The molecule has 3 N–H and O–H groups in total. The van der Waals surface area contributed by atoms with Crippen LogP contribution in [0.15, 0.2) is 52.4 Å². The monoisotopic (exact) mass is 455 g/mol. The van der Waals surface area contributed by atoms with Gasteiger partial charge in [0.2, 0.25) is 5.96 Å². The topological polar surface area (TPSA) is 108 Å². The average Bonchev–Trinajstić information content (AvgIpc) is 3.37. The number of hydrogen-bond acceptors (Lipinski definition) is 5. The third-order valence-electron chi connectivity index (χ3n) is 5.90. The second kappa shape index (κ2) is 8.82. The van der Waals surface area contributed by atoms with Gasteiger partial charge in [-0.25, -0.2) is 22.5 Å². The average molecular weight is 456 g/mol. The maximum absolute atomic E-state index is 13.4. The number of guanidine groups is 1. The smallest absolute Gasteiger partial charge is 0.321 e. The highest BCUT2D eigenvalue weighted by molar-refractivity contribution is 7.89. The minimum absolute atomic E-state index is 0.00562. The van der Waals surface area contributed by atoms with E-state index in [-0.39, 0.29) is 29.5 Å². The Hall–Kier alpha value is -3.07. The number of unbranched alkanes of at least 4 members (excludes halogenated alkanes) is 1. The van der Waals surface area contributed by atoms with Crippen LogP contribution in [-0.4, -0.2) is 44.3 Å². The highest BCUT2D eigenvalue weighted by atomic mass is 32.2. The van der Waals surface area contributed by atoms with Crippen LogP contribution >= 0.6 is 0 Å². The third-order valence-corrected chi connectivity index (χ3v) is 7.66. The number of anilines is 1. The molecule has 32 heavy (non-hydrogen) atoms. The molecule has 0 spiro atoms. The molecule has 0 radical (unpaired) electrons. The first kappa shape index (κ1) is 22.1. The number of urea groups is 1. The molecule has 2 aromatic carbocycles. The summed E-state index contributed by atoms with van der Waals surface area (Å²) in [5.74, 6) is -0.00562. The molecule has 4 rings (SSSR count). The molecule has 2 heterocycles. The molecule has 2 aliphatic heterocycles. The van der Waals surface area contributed by atoms with E-state index in [2.05, 4.69) is 17.2 Å². The molecule has 0 unspecified atom stereocenters. The van der Waals surface area contributed by atoms with Crippen LogP contribution in [0.1, 0.15) is 42.5 Å². The van der Waals surface area contributed by atoms with E-state index in [9.17, 15) is 13.2 Å². The molecule has 0 aliphatic carbocycles. The number of carbonyl (C=O) groups is 1. The first-order chi connectivity index (χ1) is 15.3. The summed E-state index contributed by atoms with van der Waals surface area (Å²) in [5, 5.41) is 2.91. The van der Waals surface area contributed by atoms with Crippen LogP contribution < -0.4 is 16.0 Å². The summed E-state index contributed by atoms with van der Waals surface area (Å²) in [5.41, 5.74) is 9.64. The van der Waals surface area contributed by atoms with E-state index in [0.717, 1.165) is 35.2 Å². The maximum atomic E-state index is 13.4. The summed E-state index contributed by atoms with van der Waals surface area (Å²) in [6, 6.07) is 12.3. The molecule has 2 aliphatic rings. The lowest BCUT2D eigenvalue weighted by Crippen LogP contribution is -2.39. The van der Waals surface area contributed by atoms with Crippen molar-refractivity contribution in [3.63, 3.8) is 0 Å². The summed E-state index contributed by atoms with van der Waals surface area (Å²) in [6.45, 7) is 5.38. The fourth-order valence-electron chi connectivity index (χ4n) is 4.14. The molecule has 0 fully saturated rings. The number of hydrogen-bond donors (Lipinski definition) is 2. The minimum Gasteiger partial charge on any atom is -0.369 e. The van der Waals surface area contributed by atoms with Crippen LogP contribution in [0.5, 0.6) is 0 Å². The van der Waals surface area contributed by atoms with Gasteiger partial charge in [-0.3, -0.25) is 4.90 Å². The van der Waals surface area contributed by atoms with E-state index in [1.807, 2.05) is 31.2 Å². The lowest BCUT2D eigenvalue weighted by molar-refractivity contribution is 0.246. The fourth-order valence-corrected chi connectivity index (χ4v) is 5.55. The van der Waals surface area contributed by atoms with Gasteiger partial charge in [-0.1, -0.05) is 43.2 Å². The minimum atomic E-state index is -3.86. The van der Waals surface area contributed by atoms with Gasteiger partial charge in [0, 0.05) is 18.8 Å². The zero-order valence-corrected chi connectivity index (χ0v) is 19.2. The van der Waals surface area contributed by atoms with Crippen LogP contribution in [0, 0.1) is 6.92 Å². The number of aliphatic imine (C=N–C) groups is 1. The predicted molar refractivity (Wildman–Crippen MR) is 125 cm³/mol. The predicted octanol–water partition coefficient (Wildman–Crippen LogP) is 2.93. The van der Waals surface area contributed by atoms with Crippen molar-refractivity contribution in [3.8, 4) is 0 Å². The zero-order valence-electron chi connectivity index (χ0n) is 18.4. The molecule has 9 heteroatoms. The van der Waals surface area contributed by atoms with Crippen molar-refractivity contribution in [1.82, 2.24) is 9.62 Å². The fraction of sp³-hybridized carbons (Fsp3) is 0.391. The van der Waals surface area contributed by atoms with Crippen LogP contribution in [0.3, 0.4) is 0 Å². The Bertz CT molecular complexity index is 1160. The van der Waals surface area contributed by atoms with Crippen LogP contribution in [0.25, 0.3) is 0 Å². The molecular weight excluding hydrogens is 426 g/mol. The summed E-state index contributed by atoms with van der Waals surface area (Å²) >= 11 is 0. The van der Waals surface area contributed by atoms with Crippen molar-refractivity contribution in [2.24, 2.45) is 10.7 Å². The molecule has 0 saturated carbocycles. The normalized spacial score (nSPS) is 17.9. The summed E-state index contributed by atoms with van der Waals surface area (Å²) in [6.07, 6.45) is 2.53. The van der Waals surface area contributed by atoms with E-state index < -0.39 is 10.0 Å². The Kier molecular flexibility index (Phi) is 6.10. The Labute approximate surface area is 189 Å². The number of sulfonamides is 1. The van der Waals surface area contributed by atoms with Gasteiger partial charge in [0.15, 0.2) is 0 Å². The molecule has 2 aromatic rings. The van der Waals surface area contributed by atoms with Crippen molar-refractivity contribution in [2.45, 2.75) is 44.0 Å². The number of aryl methyl sites for hydroxylation is 1. The standard InChI is InChI=1S/C23H29N5O3S/c1-3-4-11-25-23(29)27-12-10-18-14-19(8-9-21(18)27)32(30,31)28-15-20(26-22(28)24)17-7-5-6-16(2)13-17/h5-9,13-14,20H,3-4,10-12,15H2,1-2H3,(H2,24,26)(H,25,29)/t20-/m1/s1. The van der Waals surface area contributed by atoms with Crippen molar-refractivity contribution >= 4 is 27.7 Å². The second-order valence-corrected chi connectivity index (χ2v) is 10.1. The zero-order chi connectivity index (χ0) is 22.9. The van der Waals surface area contributed by atoms with Gasteiger partial charge in [0.1, 0.15) is 0 Å². The first-order valence-electron chi connectivity index (χ1n) is 10.9. The Morgan fingerprint density at radius 3 is 2.81 bits per heavy atom. The van der Waals surface area contributed by atoms with E-state index in [1.165, 1.54) is 4.31 Å². The molecule has 1 atom stereocenters. The van der Waals surface area contributed by atoms with Gasteiger partial charge < -0.3 is 11.1 Å². The largest absolute Gasteiger partial charge is 0.369 e. The molecule has 0 aromatic heterocycles. The van der Waals surface area contributed by atoms with E-state index in [0.29, 0.717) is 19.5 Å². The van der Waals surface area contributed by atoms with E-state index in [4.69, 9.17) is 5.73 Å². The van der Waals surface area contributed by atoms with Gasteiger partial charge in [0.25, 0.3) is 10.0 Å². The summed E-state index contributed by atoms with van der Waals surface area (Å²) < 4.78 is 27.9. The molecular formula is C23H29N5O3S. The number of nitrogens with zero attached hydrogens (tertiary/aromatic N) is 3. The first-order valence-corrected chi connectivity index (χ1v) is 12.4. The number of amides is 2.